The Balaban J connectivity index is 1.45. The molecule has 0 aliphatic heterocycles. The molecule has 27 heavy (non-hydrogen) atoms. The lowest BCUT2D eigenvalue weighted by Gasteiger charge is -2.08. The molecule has 4 aromatic rings. The van der Waals surface area contributed by atoms with Gasteiger partial charge in [0.25, 0.3) is 5.91 Å². The number of aromatic nitrogens is 3. The molecule has 0 aliphatic rings. The number of aryl methyl sites for hydroxylation is 2. The summed E-state index contributed by atoms with van der Waals surface area (Å²) in [5.74, 6) is -0.0600. The van der Waals surface area contributed by atoms with E-state index in [1.165, 1.54) is 11.1 Å². The molecule has 5 heteroatoms. The molecule has 0 bridgehead atoms. The number of aromatic amines is 1. The van der Waals surface area contributed by atoms with E-state index >= 15 is 0 Å². The summed E-state index contributed by atoms with van der Waals surface area (Å²) in [4.78, 5) is 20.0. The smallest absolute Gasteiger partial charge is 0.251 e. The lowest BCUT2D eigenvalue weighted by molar-refractivity contribution is 0.0951. The van der Waals surface area contributed by atoms with Gasteiger partial charge in [0, 0.05) is 47.6 Å². The summed E-state index contributed by atoms with van der Waals surface area (Å²) in [5, 5.41) is 4.12. The molecule has 2 heterocycles. The van der Waals surface area contributed by atoms with Gasteiger partial charge in [-0.15, -0.1) is 0 Å². The van der Waals surface area contributed by atoms with E-state index in [9.17, 15) is 4.79 Å². The van der Waals surface area contributed by atoms with Crippen LogP contribution in [0.15, 0.2) is 61.2 Å². The van der Waals surface area contributed by atoms with Crippen molar-refractivity contribution in [3.63, 3.8) is 0 Å². The highest BCUT2D eigenvalue weighted by Gasteiger charge is 2.10. The second-order valence-electron chi connectivity index (χ2n) is 6.87. The van der Waals surface area contributed by atoms with Gasteiger partial charge in [-0.3, -0.25) is 4.79 Å². The minimum atomic E-state index is -0.0600. The van der Waals surface area contributed by atoms with Crippen LogP contribution >= 0.6 is 0 Å². The van der Waals surface area contributed by atoms with Crippen molar-refractivity contribution in [1.29, 1.82) is 0 Å². The molecule has 0 radical (unpaired) electrons. The second kappa shape index (κ2) is 7.11. The number of H-pyrrole nitrogens is 1. The van der Waals surface area contributed by atoms with Crippen LogP contribution in [0.2, 0.25) is 0 Å². The zero-order valence-corrected chi connectivity index (χ0v) is 15.5. The van der Waals surface area contributed by atoms with Crippen LogP contribution in [0.5, 0.6) is 0 Å². The van der Waals surface area contributed by atoms with E-state index in [4.69, 9.17) is 0 Å². The van der Waals surface area contributed by atoms with Gasteiger partial charge in [0.05, 0.1) is 6.33 Å². The van der Waals surface area contributed by atoms with Crippen molar-refractivity contribution in [2.24, 2.45) is 0 Å². The van der Waals surface area contributed by atoms with E-state index < -0.39 is 0 Å². The highest BCUT2D eigenvalue weighted by Crippen LogP contribution is 2.22. The Kier molecular flexibility index (Phi) is 4.50. The van der Waals surface area contributed by atoms with Crippen LogP contribution in [0, 0.1) is 13.8 Å². The van der Waals surface area contributed by atoms with E-state index in [0.717, 1.165) is 28.7 Å². The molecule has 0 aliphatic carbocycles. The molecule has 0 saturated carbocycles. The maximum Gasteiger partial charge on any atom is 0.251 e. The fraction of sp³-hybridized carbons (Fsp3) is 0.182. The molecule has 136 valence electrons. The topological polar surface area (TPSA) is 62.7 Å². The number of fused-ring (bicyclic) bond motifs is 1. The lowest BCUT2D eigenvalue weighted by Crippen LogP contribution is -2.22. The van der Waals surface area contributed by atoms with E-state index in [0.29, 0.717) is 12.1 Å². The van der Waals surface area contributed by atoms with Crippen molar-refractivity contribution < 1.29 is 4.79 Å². The van der Waals surface area contributed by atoms with Crippen molar-refractivity contribution in [3.8, 4) is 0 Å². The Morgan fingerprint density at radius 1 is 1.15 bits per heavy atom. The number of nitrogens with one attached hydrogen (secondary N) is 2. The third kappa shape index (κ3) is 3.62. The van der Waals surface area contributed by atoms with Crippen molar-refractivity contribution in [1.82, 2.24) is 19.9 Å². The van der Waals surface area contributed by atoms with Crippen LogP contribution in [0.1, 0.15) is 32.7 Å². The summed E-state index contributed by atoms with van der Waals surface area (Å²) >= 11 is 0. The Bertz CT molecular complexity index is 1090. The van der Waals surface area contributed by atoms with Gasteiger partial charge in [-0.1, -0.05) is 24.3 Å². The number of hydrogen-bond donors (Lipinski definition) is 2. The average Bonchev–Trinajstić information content (AvgIpc) is 3.28. The van der Waals surface area contributed by atoms with Crippen molar-refractivity contribution in [2.75, 3.05) is 0 Å². The molecule has 0 atom stereocenters. The zero-order chi connectivity index (χ0) is 18.8. The largest absolute Gasteiger partial charge is 0.358 e. The molecule has 0 fully saturated rings. The number of amides is 1. The van der Waals surface area contributed by atoms with Crippen LogP contribution in [0.3, 0.4) is 0 Å². The number of carbonyl (C=O) groups is 1. The number of hydrogen-bond acceptors (Lipinski definition) is 2. The van der Waals surface area contributed by atoms with Crippen LogP contribution in [-0.2, 0) is 13.1 Å². The Hall–Kier alpha value is -3.34. The van der Waals surface area contributed by atoms with Gasteiger partial charge in [0.15, 0.2) is 0 Å². The molecule has 0 saturated heterocycles. The summed E-state index contributed by atoms with van der Waals surface area (Å²) in [5.41, 5.74) is 6.33. The van der Waals surface area contributed by atoms with Gasteiger partial charge in [-0.25, -0.2) is 4.98 Å². The molecular weight excluding hydrogens is 336 g/mol. The zero-order valence-electron chi connectivity index (χ0n) is 15.5. The molecule has 2 N–H and O–H groups in total. The first-order valence-electron chi connectivity index (χ1n) is 9.01. The van der Waals surface area contributed by atoms with Gasteiger partial charge < -0.3 is 14.9 Å². The van der Waals surface area contributed by atoms with Crippen molar-refractivity contribution >= 4 is 16.8 Å². The predicted molar refractivity (Wildman–Crippen MR) is 107 cm³/mol. The number of carbonyl (C=O) groups excluding carboxylic acids is 1. The van der Waals surface area contributed by atoms with Crippen LogP contribution in [0.4, 0.5) is 0 Å². The maximum absolute atomic E-state index is 12.6. The Labute approximate surface area is 158 Å². The van der Waals surface area contributed by atoms with Gasteiger partial charge in [0.2, 0.25) is 0 Å². The minimum Gasteiger partial charge on any atom is -0.358 e. The molecule has 1 amide bonds. The van der Waals surface area contributed by atoms with E-state index in [1.807, 2.05) is 48.0 Å². The van der Waals surface area contributed by atoms with Gasteiger partial charge in [-0.05, 0) is 48.7 Å². The fourth-order valence-corrected chi connectivity index (χ4v) is 3.32. The molecule has 0 spiro atoms. The fourth-order valence-electron chi connectivity index (χ4n) is 3.32. The van der Waals surface area contributed by atoms with Gasteiger partial charge in [-0.2, -0.15) is 0 Å². The summed E-state index contributed by atoms with van der Waals surface area (Å²) in [6, 6.07) is 14.0. The Morgan fingerprint density at radius 3 is 2.81 bits per heavy atom. The minimum absolute atomic E-state index is 0.0600. The number of nitrogens with zero attached hydrogens (tertiary/aromatic N) is 2. The summed E-state index contributed by atoms with van der Waals surface area (Å²) in [6.07, 6.45) is 5.51. The SMILES string of the molecule is Cc1[nH]c2ccc(C(=O)NCc3cccc(Cn4ccnc4)c3)cc2c1C. The van der Waals surface area contributed by atoms with Gasteiger partial charge >= 0.3 is 0 Å². The third-order valence-electron chi connectivity index (χ3n) is 4.94. The van der Waals surface area contributed by atoms with Crippen LogP contribution in [0.25, 0.3) is 10.9 Å². The predicted octanol–water partition coefficient (Wildman–Crippen LogP) is 3.96. The average molecular weight is 358 g/mol. The highest BCUT2D eigenvalue weighted by atomic mass is 16.1. The summed E-state index contributed by atoms with van der Waals surface area (Å²) in [6.45, 7) is 5.39. The number of imidazole rings is 1. The standard InChI is InChI=1S/C22H22N4O/c1-15-16(2)25-21-7-6-19(11-20(15)21)22(27)24-12-17-4-3-5-18(10-17)13-26-9-8-23-14-26/h3-11,14,25H,12-13H2,1-2H3,(H,24,27). The Morgan fingerprint density at radius 2 is 2.00 bits per heavy atom. The normalized spacial score (nSPS) is 11.0. The van der Waals surface area contributed by atoms with Crippen molar-refractivity contribution in [2.45, 2.75) is 26.9 Å². The monoisotopic (exact) mass is 358 g/mol. The number of benzene rings is 2. The van der Waals surface area contributed by atoms with Crippen molar-refractivity contribution in [3.05, 3.63) is 89.1 Å². The number of rotatable bonds is 5. The lowest BCUT2D eigenvalue weighted by atomic mass is 10.1. The molecule has 4 rings (SSSR count). The first kappa shape index (κ1) is 17.1. The highest BCUT2D eigenvalue weighted by molar-refractivity contribution is 5.99. The third-order valence-corrected chi connectivity index (χ3v) is 4.94. The summed E-state index contributed by atoms with van der Waals surface area (Å²) in [7, 11) is 0. The molecular formula is C22H22N4O. The molecule has 2 aromatic carbocycles. The molecule has 5 nitrogen and oxygen atoms in total. The summed E-state index contributed by atoms with van der Waals surface area (Å²) < 4.78 is 2.02. The van der Waals surface area contributed by atoms with E-state index in [2.05, 4.69) is 34.3 Å². The second-order valence-corrected chi connectivity index (χ2v) is 6.87. The molecule has 2 aromatic heterocycles. The van der Waals surface area contributed by atoms with Gasteiger partial charge in [0.1, 0.15) is 0 Å². The van der Waals surface area contributed by atoms with Crippen LogP contribution in [-0.4, -0.2) is 20.4 Å². The van der Waals surface area contributed by atoms with E-state index in [-0.39, 0.29) is 5.91 Å². The first-order chi connectivity index (χ1) is 13.1. The van der Waals surface area contributed by atoms with Crippen LogP contribution < -0.4 is 5.32 Å². The quantitative estimate of drug-likeness (QED) is 0.567. The maximum atomic E-state index is 12.6. The molecule has 0 unspecified atom stereocenters. The van der Waals surface area contributed by atoms with E-state index in [1.54, 1.807) is 12.5 Å². The first-order valence-corrected chi connectivity index (χ1v) is 9.01.